The van der Waals surface area contributed by atoms with Crippen molar-refractivity contribution in [3.05, 3.63) is 102 Å². The van der Waals surface area contributed by atoms with Crippen molar-refractivity contribution in [2.24, 2.45) is 0 Å². The molecule has 0 radical (unpaired) electrons. The molecule has 4 aromatic rings. The van der Waals surface area contributed by atoms with Crippen LogP contribution in [0.2, 0.25) is 0 Å². The van der Waals surface area contributed by atoms with Gasteiger partial charge >= 0.3 is 0 Å². The van der Waals surface area contributed by atoms with Crippen LogP contribution in [0.3, 0.4) is 0 Å². The molecule has 0 fully saturated rings. The lowest BCUT2D eigenvalue weighted by Crippen LogP contribution is -1.98. The van der Waals surface area contributed by atoms with Crippen molar-refractivity contribution in [2.45, 2.75) is 13.8 Å². The molecule has 128 valence electrons. The Morgan fingerprint density at radius 2 is 1.31 bits per heavy atom. The summed E-state index contributed by atoms with van der Waals surface area (Å²) in [5.41, 5.74) is 8.24. The van der Waals surface area contributed by atoms with Gasteiger partial charge in [-0.1, -0.05) is 54.6 Å². The number of para-hydroxylation sites is 1. The average molecular weight is 338 g/mol. The predicted molar refractivity (Wildman–Crippen MR) is 110 cm³/mol. The Morgan fingerprint density at radius 3 is 1.96 bits per heavy atom. The first-order valence-electron chi connectivity index (χ1n) is 8.88. The maximum atomic E-state index is 3.62. The van der Waals surface area contributed by atoms with Crippen LogP contribution in [0.5, 0.6) is 0 Å². The van der Waals surface area contributed by atoms with Crippen LogP contribution < -0.4 is 5.32 Å². The topological polar surface area (TPSA) is 17.0 Å². The van der Waals surface area contributed by atoms with Gasteiger partial charge in [-0.3, -0.25) is 0 Å². The zero-order valence-electron chi connectivity index (χ0n) is 15.1. The quantitative estimate of drug-likeness (QED) is 0.449. The van der Waals surface area contributed by atoms with Crippen molar-refractivity contribution >= 4 is 11.4 Å². The fourth-order valence-electron chi connectivity index (χ4n) is 3.43. The monoisotopic (exact) mass is 338 g/mol. The van der Waals surface area contributed by atoms with Crippen molar-refractivity contribution < 1.29 is 0 Å². The number of nitrogens with one attached hydrogen (secondary N) is 1. The van der Waals surface area contributed by atoms with Gasteiger partial charge in [-0.05, 0) is 55.3 Å². The van der Waals surface area contributed by atoms with Crippen LogP contribution >= 0.6 is 0 Å². The van der Waals surface area contributed by atoms with E-state index in [0.29, 0.717) is 0 Å². The van der Waals surface area contributed by atoms with Gasteiger partial charge in [-0.2, -0.15) is 0 Å². The first-order valence-corrected chi connectivity index (χ1v) is 8.88. The molecular weight excluding hydrogens is 316 g/mol. The minimum absolute atomic E-state index is 1.10. The number of aromatic nitrogens is 1. The summed E-state index contributed by atoms with van der Waals surface area (Å²) in [6.45, 7) is 4.26. The number of benzene rings is 3. The lowest BCUT2D eigenvalue weighted by Gasteiger charge is -2.14. The summed E-state index contributed by atoms with van der Waals surface area (Å²) < 4.78 is 2.24. The van der Waals surface area contributed by atoms with Crippen LogP contribution in [0.25, 0.3) is 16.9 Å². The van der Waals surface area contributed by atoms with Gasteiger partial charge < -0.3 is 9.88 Å². The number of nitrogens with zero attached hydrogens (tertiary/aromatic N) is 1. The molecule has 0 spiro atoms. The average Bonchev–Trinajstić information content (AvgIpc) is 3.06. The zero-order valence-corrected chi connectivity index (χ0v) is 15.1. The SMILES string of the molecule is Cc1cc(C)cc(Nc2ccn(-c3ccccc3)c2-c2ccccc2)c1. The highest BCUT2D eigenvalue weighted by atomic mass is 15.0. The highest BCUT2D eigenvalue weighted by Gasteiger charge is 2.13. The second-order valence-corrected chi connectivity index (χ2v) is 6.65. The molecule has 1 aromatic heterocycles. The Bertz CT molecular complexity index is 995. The second-order valence-electron chi connectivity index (χ2n) is 6.65. The van der Waals surface area contributed by atoms with Crippen molar-refractivity contribution in [1.29, 1.82) is 0 Å². The van der Waals surface area contributed by atoms with Crippen molar-refractivity contribution in [1.82, 2.24) is 4.57 Å². The summed E-state index contributed by atoms with van der Waals surface area (Å²) in [6.07, 6.45) is 2.13. The molecule has 0 aliphatic heterocycles. The smallest absolute Gasteiger partial charge is 0.0765 e. The van der Waals surface area contributed by atoms with E-state index in [9.17, 15) is 0 Å². The molecule has 0 saturated carbocycles. The van der Waals surface area contributed by atoms with Crippen LogP contribution in [0.1, 0.15) is 11.1 Å². The fraction of sp³-hybridized carbons (Fsp3) is 0.0833. The van der Waals surface area contributed by atoms with Crippen LogP contribution in [0.15, 0.2) is 91.1 Å². The third-order valence-electron chi connectivity index (χ3n) is 4.47. The van der Waals surface area contributed by atoms with E-state index in [0.717, 1.165) is 22.8 Å². The van der Waals surface area contributed by atoms with Crippen molar-refractivity contribution in [2.75, 3.05) is 5.32 Å². The van der Waals surface area contributed by atoms with Gasteiger partial charge in [0.05, 0.1) is 11.4 Å². The minimum atomic E-state index is 1.10. The van der Waals surface area contributed by atoms with Gasteiger partial charge in [0.25, 0.3) is 0 Å². The molecule has 1 heterocycles. The highest BCUT2D eigenvalue weighted by molar-refractivity contribution is 5.81. The standard InChI is InChI=1S/C24H22N2/c1-18-15-19(2)17-21(16-18)25-23-13-14-26(22-11-7-4-8-12-22)24(23)20-9-5-3-6-10-20/h3-17,25H,1-2H3. The maximum Gasteiger partial charge on any atom is 0.0765 e. The summed E-state index contributed by atoms with van der Waals surface area (Å²) in [6, 6.07) is 29.7. The minimum Gasteiger partial charge on any atom is -0.354 e. The van der Waals surface area contributed by atoms with E-state index in [4.69, 9.17) is 0 Å². The Morgan fingerprint density at radius 1 is 0.692 bits per heavy atom. The summed E-state index contributed by atoms with van der Waals surface area (Å²) >= 11 is 0. The Balaban J connectivity index is 1.84. The van der Waals surface area contributed by atoms with Gasteiger partial charge in [0.15, 0.2) is 0 Å². The molecule has 0 atom stereocenters. The molecule has 26 heavy (non-hydrogen) atoms. The van der Waals surface area contributed by atoms with Crippen molar-refractivity contribution in [3.63, 3.8) is 0 Å². The number of aryl methyl sites for hydroxylation is 2. The maximum absolute atomic E-state index is 3.62. The number of hydrogen-bond acceptors (Lipinski definition) is 1. The molecule has 0 amide bonds. The van der Waals surface area contributed by atoms with E-state index >= 15 is 0 Å². The third kappa shape index (κ3) is 3.27. The van der Waals surface area contributed by atoms with Gasteiger partial charge in [0, 0.05) is 23.1 Å². The normalized spacial score (nSPS) is 10.7. The van der Waals surface area contributed by atoms with E-state index in [2.05, 4.69) is 109 Å². The van der Waals surface area contributed by atoms with Crippen LogP contribution in [0, 0.1) is 13.8 Å². The third-order valence-corrected chi connectivity index (χ3v) is 4.47. The Hall–Kier alpha value is -3.26. The van der Waals surface area contributed by atoms with E-state index in [1.54, 1.807) is 0 Å². The van der Waals surface area contributed by atoms with E-state index < -0.39 is 0 Å². The lowest BCUT2D eigenvalue weighted by atomic mass is 10.1. The summed E-state index contributed by atoms with van der Waals surface area (Å²) in [5, 5.41) is 3.62. The summed E-state index contributed by atoms with van der Waals surface area (Å²) in [5.74, 6) is 0. The number of rotatable bonds is 4. The zero-order chi connectivity index (χ0) is 17.9. The molecular formula is C24H22N2. The molecule has 0 bridgehead atoms. The second kappa shape index (κ2) is 6.93. The molecule has 2 heteroatoms. The molecule has 2 nitrogen and oxygen atoms in total. The molecule has 0 aliphatic rings. The fourth-order valence-corrected chi connectivity index (χ4v) is 3.43. The highest BCUT2D eigenvalue weighted by Crippen LogP contribution is 2.34. The van der Waals surface area contributed by atoms with E-state index in [-0.39, 0.29) is 0 Å². The molecule has 0 aliphatic carbocycles. The van der Waals surface area contributed by atoms with Crippen LogP contribution in [0.4, 0.5) is 11.4 Å². The first kappa shape index (κ1) is 16.2. The number of anilines is 2. The predicted octanol–water partition coefficient (Wildman–Crippen LogP) is 6.50. The Labute approximate surface area is 154 Å². The van der Waals surface area contributed by atoms with Gasteiger partial charge in [-0.25, -0.2) is 0 Å². The first-order chi connectivity index (χ1) is 12.7. The van der Waals surface area contributed by atoms with Gasteiger partial charge in [0.2, 0.25) is 0 Å². The lowest BCUT2D eigenvalue weighted by molar-refractivity contribution is 1.09. The van der Waals surface area contributed by atoms with Crippen LogP contribution in [-0.4, -0.2) is 4.57 Å². The summed E-state index contributed by atoms with van der Waals surface area (Å²) in [7, 11) is 0. The van der Waals surface area contributed by atoms with Crippen LogP contribution in [-0.2, 0) is 0 Å². The van der Waals surface area contributed by atoms with E-state index in [1.807, 2.05) is 6.07 Å². The molecule has 0 unspecified atom stereocenters. The Kier molecular flexibility index (Phi) is 4.32. The van der Waals surface area contributed by atoms with Crippen molar-refractivity contribution in [3.8, 4) is 16.9 Å². The molecule has 3 aromatic carbocycles. The summed E-state index contributed by atoms with van der Waals surface area (Å²) in [4.78, 5) is 0. The molecule has 4 rings (SSSR count). The van der Waals surface area contributed by atoms with Gasteiger partial charge in [0.1, 0.15) is 0 Å². The van der Waals surface area contributed by atoms with E-state index in [1.165, 1.54) is 16.7 Å². The van der Waals surface area contributed by atoms with Gasteiger partial charge in [-0.15, -0.1) is 0 Å². The molecule has 1 N–H and O–H groups in total. The molecule has 0 saturated heterocycles. The largest absolute Gasteiger partial charge is 0.354 e. The number of hydrogen-bond donors (Lipinski definition) is 1.